The van der Waals surface area contributed by atoms with E-state index in [4.69, 9.17) is 17.3 Å². The van der Waals surface area contributed by atoms with E-state index >= 15 is 0 Å². The number of likely N-dealkylation sites (tertiary alicyclic amines) is 1. The number of piperidine rings is 1. The summed E-state index contributed by atoms with van der Waals surface area (Å²) in [5.74, 6) is -1.18. The van der Waals surface area contributed by atoms with E-state index < -0.39 is 22.9 Å². The first-order chi connectivity index (χ1) is 10.9. The van der Waals surface area contributed by atoms with Crippen molar-refractivity contribution >= 4 is 29.1 Å². The molecule has 1 aliphatic heterocycles. The highest BCUT2D eigenvalue weighted by Gasteiger charge is 2.48. The average molecular weight is 352 g/mol. The van der Waals surface area contributed by atoms with Crippen molar-refractivity contribution in [1.82, 2.24) is 4.90 Å². The quantitative estimate of drug-likeness (QED) is 0.763. The maximum Gasteiger partial charge on any atom is 0.313 e. The third kappa shape index (κ3) is 3.73. The Hall–Kier alpha value is -1.59. The van der Waals surface area contributed by atoms with Crippen molar-refractivity contribution in [3.05, 3.63) is 28.8 Å². The van der Waals surface area contributed by atoms with Gasteiger partial charge in [0, 0.05) is 27.8 Å². The van der Waals surface area contributed by atoms with Crippen LogP contribution in [0.1, 0.15) is 46.1 Å². The van der Waals surface area contributed by atoms with Crippen molar-refractivity contribution in [1.29, 1.82) is 0 Å². The molecule has 0 spiro atoms. The number of nitrogens with two attached hydrogens (primary N) is 1. The summed E-state index contributed by atoms with van der Waals surface area (Å²) in [6.07, 6.45) is 1.32. The number of hydrogen-bond donors (Lipinski definition) is 2. The number of hydrogen-bond acceptors (Lipinski definition) is 3. The van der Waals surface area contributed by atoms with Crippen molar-refractivity contribution in [2.45, 2.75) is 64.6 Å². The van der Waals surface area contributed by atoms with Crippen LogP contribution in [0, 0.1) is 6.92 Å². The molecule has 0 unspecified atom stereocenters. The van der Waals surface area contributed by atoms with Gasteiger partial charge in [0.2, 0.25) is 0 Å². The van der Waals surface area contributed by atoms with Gasteiger partial charge in [0.1, 0.15) is 0 Å². The first kappa shape index (κ1) is 18.7. The third-order valence-corrected chi connectivity index (χ3v) is 4.80. The zero-order valence-corrected chi connectivity index (χ0v) is 15.7. The summed E-state index contributed by atoms with van der Waals surface area (Å²) in [4.78, 5) is 27.1. The summed E-state index contributed by atoms with van der Waals surface area (Å²) in [5.41, 5.74) is 6.56. The lowest BCUT2D eigenvalue weighted by Crippen LogP contribution is -2.66. The summed E-state index contributed by atoms with van der Waals surface area (Å²) in [6.45, 7) is 9.64. The van der Waals surface area contributed by atoms with Crippen molar-refractivity contribution < 1.29 is 9.59 Å². The summed E-state index contributed by atoms with van der Waals surface area (Å²) >= 11 is 5.93. The number of carbonyl (C=O) groups is 2. The molecule has 1 aliphatic rings. The second kappa shape index (κ2) is 6.37. The molecule has 0 aliphatic carbocycles. The number of rotatable bonds is 1. The molecule has 0 radical (unpaired) electrons. The molecule has 5 nitrogen and oxygen atoms in total. The van der Waals surface area contributed by atoms with Crippen LogP contribution in [0.3, 0.4) is 0 Å². The van der Waals surface area contributed by atoms with Crippen molar-refractivity contribution in [3.63, 3.8) is 0 Å². The zero-order chi connectivity index (χ0) is 18.3. The molecular formula is C18H26ClN3O2. The Morgan fingerprint density at radius 2 is 1.75 bits per heavy atom. The normalized spacial score (nSPS) is 19.9. The van der Waals surface area contributed by atoms with E-state index in [0.717, 1.165) is 5.56 Å². The minimum Gasteiger partial charge on any atom is -0.328 e. The Morgan fingerprint density at radius 3 is 2.25 bits per heavy atom. The lowest BCUT2D eigenvalue weighted by atomic mass is 9.77. The minimum absolute atomic E-state index is 0.0145. The molecule has 1 aromatic rings. The molecule has 132 valence electrons. The van der Waals surface area contributed by atoms with Gasteiger partial charge in [-0.25, -0.2) is 0 Å². The number of halogens is 1. The fourth-order valence-electron chi connectivity index (χ4n) is 3.95. The van der Waals surface area contributed by atoms with Gasteiger partial charge in [-0.2, -0.15) is 0 Å². The molecule has 24 heavy (non-hydrogen) atoms. The largest absolute Gasteiger partial charge is 0.328 e. The van der Waals surface area contributed by atoms with Crippen LogP contribution >= 0.6 is 11.6 Å². The van der Waals surface area contributed by atoms with E-state index in [1.165, 1.54) is 0 Å². The molecule has 1 heterocycles. The van der Waals surface area contributed by atoms with Gasteiger partial charge in [0.15, 0.2) is 0 Å². The maximum absolute atomic E-state index is 12.9. The first-order valence-electron chi connectivity index (χ1n) is 8.11. The van der Waals surface area contributed by atoms with Crippen LogP contribution < -0.4 is 11.1 Å². The highest BCUT2D eigenvalue weighted by Crippen LogP contribution is 2.38. The van der Waals surface area contributed by atoms with Crippen LogP contribution in [0.2, 0.25) is 5.02 Å². The predicted octanol–water partition coefficient (Wildman–Crippen LogP) is 3.09. The van der Waals surface area contributed by atoms with Crippen molar-refractivity contribution in [2.75, 3.05) is 5.32 Å². The number of benzene rings is 1. The number of anilines is 1. The van der Waals surface area contributed by atoms with E-state index in [1.807, 2.05) is 34.6 Å². The topological polar surface area (TPSA) is 75.4 Å². The van der Waals surface area contributed by atoms with Gasteiger partial charge in [-0.1, -0.05) is 11.6 Å². The summed E-state index contributed by atoms with van der Waals surface area (Å²) in [6, 6.07) is 5.14. The molecule has 1 aromatic carbocycles. The lowest BCUT2D eigenvalue weighted by molar-refractivity contribution is -0.156. The molecule has 1 fully saturated rings. The molecule has 0 atom stereocenters. The predicted molar refractivity (Wildman–Crippen MR) is 97.0 cm³/mol. The average Bonchev–Trinajstić information content (AvgIpc) is 2.38. The Morgan fingerprint density at radius 1 is 1.21 bits per heavy atom. The smallest absolute Gasteiger partial charge is 0.313 e. The van der Waals surface area contributed by atoms with Gasteiger partial charge in [-0.05, 0) is 71.2 Å². The molecule has 6 heteroatoms. The van der Waals surface area contributed by atoms with E-state index in [0.29, 0.717) is 23.6 Å². The zero-order valence-electron chi connectivity index (χ0n) is 14.9. The molecule has 2 rings (SSSR count). The van der Waals surface area contributed by atoms with Crippen LogP contribution in [0.25, 0.3) is 0 Å². The number of nitrogens with zero attached hydrogens (tertiary/aromatic N) is 1. The van der Waals surface area contributed by atoms with Gasteiger partial charge >= 0.3 is 11.8 Å². The Labute approximate surface area is 148 Å². The van der Waals surface area contributed by atoms with Crippen molar-refractivity contribution in [3.8, 4) is 0 Å². The van der Waals surface area contributed by atoms with Crippen molar-refractivity contribution in [2.24, 2.45) is 5.73 Å². The summed E-state index contributed by atoms with van der Waals surface area (Å²) < 4.78 is 0. The monoisotopic (exact) mass is 351 g/mol. The van der Waals surface area contributed by atoms with Gasteiger partial charge < -0.3 is 16.0 Å². The molecule has 0 saturated carbocycles. The van der Waals surface area contributed by atoms with Crippen LogP contribution in [0.15, 0.2) is 18.2 Å². The molecule has 0 bridgehead atoms. The second-order valence-corrected chi connectivity index (χ2v) is 8.28. The lowest BCUT2D eigenvalue weighted by Gasteiger charge is -2.54. The Kier molecular flexibility index (Phi) is 4.98. The molecular weight excluding hydrogens is 326 g/mol. The van der Waals surface area contributed by atoms with E-state index in [-0.39, 0.29) is 6.04 Å². The molecule has 2 amide bonds. The second-order valence-electron chi connectivity index (χ2n) is 7.85. The summed E-state index contributed by atoms with van der Waals surface area (Å²) in [7, 11) is 0. The Balaban J connectivity index is 2.24. The number of amides is 2. The van der Waals surface area contributed by atoms with Gasteiger partial charge in [0.05, 0.1) is 0 Å². The van der Waals surface area contributed by atoms with Crippen LogP contribution in [0.4, 0.5) is 5.69 Å². The number of carbonyl (C=O) groups excluding carboxylic acids is 2. The Bertz CT molecular complexity index is 652. The highest BCUT2D eigenvalue weighted by atomic mass is 35.5. The van der Waals surface area contributed by atoms with Crippen LogP contribution in [-0.2, 0) is 9.59 Å². The number of aryl methyl sites for hydroxylation is 1. The van der Waals surface area contributed by atoms with E-state index in [1.54, 1.807) is 23.1 Å². The minimum atomic E-state index is -0.642. The molecule has 3 N–H and O–H groups in total. The van der Waals surface area contributed by atoms with Crippen LogP contribution in [0.5, 0.6) is 0 Å². The van der Waals surface area contributed by atoms with Gasteiger partial charge in [-0.15, -0.1) is 0 Å². The van der Waals surface area contributed by atoms with Crippen LogP contribution in [-0.4, -0.2) is 33.8 Å². The third-order valence-electron chi connectivity index (χ3n) is 4.57. The fourth-order valence-corrected chi connectivity index (χ4v) is 4.18. The highest BCUT2D eigenvalue weighted by molar-refractivity contribution is 6.40. The van der Waals surface area contributed by atoms with Gasteiger partial charge in [-0.3, -0.25) is 9.59 Å². The first-order valence-corrected chi connectivity index (χ1v) is 8.49. The standard InChI is InChI=1S/C18H26ClN3O2/c1-11-8-12(19)6-7-14(11)21-15(23)16(24)22-17(2,3)9-13(20)10-18(22,4)5/h6-8,13H,9-10,20H2,1-5H3,(H,21,23). The maximum atomic E-state index is 12.9. The SMILES string of the molecule is Cc1cc(Cl)ccc1NC(=O)C(=O)N1C(C)(C)CC(N)CC1(C)C. The fraction of sp³-hybridized carbons (Fsp3) is 0.556. The molecule has 1 saturated heterocycles. The van der Waals surface area contributed by atoms with Gasteiger partial charge in [0.25, 0.3) is 0 Å². The molecule has 0 aromatic heterocycles. The summed E-state index contributed by atoms with van der Waals surface area (Å²) in [5, 5.41) is 3.29. The van der Waals surface area contributed by atoms with E-state index in [9.17, 15) is 9.59 Å². The number of nitrogens with one attached hydrogen (secondary N) is 1. The van der Waals surface area contributed by atoms with E-state index in [2.05, 4.69) is 5.32 Å².